The lowest BCUT2D eigenvalue weighted by Crippen LogP contribution is -2.24. The van der Waals surface area contributed by atoms with Crippen molar-refractivity contribution in [3.8, 4) is 0 Å². The van der Waals surface area contributed by atoms with E-state index in [1.165, 1.54) is 19.3 Å². The standard InChI is InChI=1S/C15H31NO2/c1-13(2)11-16-8-4-5-14(3)18-12-15-6-9-17-10-7-15/h13-16H,4-12H2,1-3H3. The van der Waals surface area contributed by atoms with Crippen LogP contribution in [0.3, 0.4) is 0 Å². The Morgan fingerprint density at radius 2 is 1.94 bits per heavy atom. The molecule has 0 aromatic heterocycles. The van der Waals surface area contributed by atoms with Gasteiger partial charge in [0.15, 0.2) is 0 Å². The van der Waals surface area contributed by atoms with Gasteiger partial charge in [-0.3, -0.25) is 0 Å². The summed E-state index contributed by atoms with van der Waals surface area (Å²) in [6, 6.07) is 0. The molecule has 1 fully saturated rings. The minimum Gasteiger partial charge on any atom is -0.381 e. The predicted octanol–water partition coefficient (Wildman–Crippen LogP) is 2.84. The highest BCUT2D eigenvalue weighted by molar-refractivity contribution is 4.64. The molecule has 1 aliphatic heterocycles. The molecule has 3 nitrogen and oxygen atoms in total. The van der Waals surface area contributed by atoms with Crippen LogP contribution in [0, 0.1) is 11.8 Å². The molecule has 18 heavy (non-hydrogen) atoms. The van der Waals surface area contributed by atoms with Crippen LogP contribution in [0.5, 0.6) is 0 Å². The molecular weight excluding hydrogens is 226 g/mol. The summed E-state index contributed by atoms with van der Waals surface area (Å²) in [5.41, 5.74) is 0. The normalized spacial score (nSPS) is 19.3. The molecule has 1 aliphatic rings. The molecule has 0 saturated carbocycles. The van der Waals surface area contributed by atoms with E-state index in [1.807, 2.05) is 0 Å². The van der Waals surface area contributed by atoms with Gasteiger partial charge in [-0.1, -0.05) is 13.8 Å². The summed E-state index contributed by atoms with van der Waals surface area (Å²) < 4.78 is 11.3. The number of ether oxygens (including phenoxy) is 2. The Morgan fingerprint density at radius 1 is 1.22 bits per heavy atom. The van der Waals surface area contributed by atoms with Crippen LogP contribution < -0.4 is 5.32 Å². The van der Waals surface area contributed by atoms with Crippen LogP contribution in [-0.4, -0.2) is 39.0 Å². The Balaban J connectivity index is 1.91. The molecule has 0 bridgehead atoms. The minimum absolute atomic E-state index is 0.397. The first-order chi connectivity index (χ1) is 8.68. The average Bonchev–Trinajstić information content (AvgIpc) is 2.37. The third kappa shape index (κ3) is 8.06. The molecule has 1 heterocycles. The maximum Gasteiger partial charge on any atom is 0.0547 e. The van der Waals surface area contributed by atoms with Gasteiger partial charge in [-0.2, -0.15) is 0 Å². The van der Waals surface area contributed by atoms with Crippen LogP contribution in [0.1, 0.15) is 46.5 Å². The molecule has 1 rings (SSSR count). The molecule has 0 aromatic carbocycles. The van der Waals surface area contributed by atoms with E-state index in [4.69, 9.17) is 9.47 Å². The minimum atomic E-state index is 0.397. The van der Waals surface area contributed by atoms with Gasteiger partial charge in [0.05, 0.1) is 6.10 Å². The van der Waals surface area contributed by atoms with Crippen LogP contribution in [0.15, 0.2) is 0 Å². The summed E-state index contributed by atoms with van der Waals surface area (Å²) in [6.45, 7) is 11.7. The molecule has 0 amide bonds. The maximum atomic E-state index is 5.93. The number of rotatable bonds is 9. The molecule has 1 saturated heterocycles. The topological polar surface area (TPSA) is 30.5 Å². The van der Waals surface area contributed by atoms with Gasteiger partial charge < -0.3 is 14.8 Å². The monoisotopic (exact) mass is 257 g/mol. The van der Waals surface area contributed by atoms with Crippen molar-refractivity contribution in [2.75, 3.05) is 32.9 Å². The lowest BCUT2D eigenvalue weighted by Gasteiger charge is -2.23. The van der Waals surface area contributed by atoms with E-state index < -0.39 is 0 Å². The van der Waals surface area contributed by atoms with E-state index in [9.17, 15) is 0 Å². The van der Waals surface area contributed by atoms with E-state index in [2.05, 4.69) is 26.1 Å². The van der Waals surface area contributed by atoms with Crippen molar-refractivity contribution in [1.29, 1.82) is 0 Å². The van der Waals surface area contributed by atoms with E-state index in [0.29, 0.717) is 6.10 Å². The Hall–Kier alpha value is -0.120. The van der Waals surface area contributed by atoms with Crippen LogP contribution in [0.25, 0.3) is 0 Å². The summed E-state index contributed by atoms with van der Waals surface area (Å²) >= 11 is 0. The number of hydrogen-bond donors (Lipinski definition) is 1. The molecule has 0 aliphatic carbocycles. The van der Waals surface area contributed by atoms with Crippen molar-refractivity contribution in [2.24, 2.45) is 11.8 Å². The molecule has 0 radical (unpaired) electrons. The van der Waals surface area contributed by atoms with Gasteiger partial charge in [0.2, 0.25) is 0 Å². The molecule has 0 spiro atoms. The Morgan fingerprint density at radius 3 is 2.61 bits per heavy atom. The van der Waals surface area contributed by atoms with Gasteiger partial charge in [-0.15, -0.1) is 0 Å². The first-order valence-corrected chi connectivity index (χ1v) is 7.58. The Labute approximate surface area is 113 Å². The highest BCUT2D eigenvalue weighted by Gasteiger charge is 2.15. The van der Waals surface area contributed by atoms with Crippen molar-refractivity contribution >= 4 is 0 Å². The maximum absolute atomic E-state index is 5.93. The van der Waals surface area contributed by atoms with E-state index >= 15 is 0 Å². The zero-order valence-electron chi connectivity index (χ0n) is 12.4. The summed E-state index contributed by atoms with van der Waals surface area (Å²) in [5, 5.41) is 3.47. The quantitative estimate of drug-likeness (QED) is 0.644. The SMILES string of the molecule is CC(C)CNCCCC(C)OCC1CCOCC1. The van der Waals surface area contributed by atoms with Crippen molar-refractivity contribution < 1.29 is 9.47 Å². The van der Waals surface area contributed by atoms with Crippen LogP contribution >= 0.6 is 0 Å². The van der Waals surface area contributed by atoms with Gasteiger partial charge in [-0.05, 0) is 57.5 Å². The molecule has 108 valence electrons. The molecule has 3 heteroatoms. The summed E-state index contributed by atoms with van der Waals surface area (Å²) in [7, 11) is 0. The summed E-state index contributed by atoms with van der Waals surface area (Å²) in [4.78, 5) is 0. The number of nitrogens with one attached hydrogen (secondary N) is 1. The third-order valence-corrected chi connectivity index (χ3v) is 3.47. The van der Waals surface area contributed by atoms with Crippen LogP contribution in [0.4, 0.5) is 0 Å². The van der Waals surface area contributed by atoms with Gasteiger partial charge in [0.25, 0.3) is 0 Å². The van der Waals surface area contributed by atoms with Crippen molar-refractivity contribution in [1.82, 2.24) is 5.32 Å². The fraction of sp³-hybridized carbons (Fsp3) is 1.00. The smallest absolute Gasteiger partial charge is 0.0547 e. The highest BCUT2D eigenvalue weighted by Crippen LogP contribution is 2.16. The first-order valence-electron chi connectivity index (χ1n) is 7.58. The second-order valence-electron chi connectivity index (χ2n) is 5.94. The second kappa shape index (κ2) is 9.76. The van der Waals surface area contributed by atoms with Crippen LogP contribution in [0.2, 0.25) is 0 Å². The second-order valence-corrected chi connectivity index (χ2v) is 5.94. The fourth-order valence-corrected chi connectivity index (χ4v) is 2.20. The lowest BCUT2D eigenvalue weighted by molar-refractivity contribution is -0.00764. The van der Waals surface area contributed by atoms with Gasteiger partial charge in [0, 0.05) is 19.8 Å². The van der Waals surface area contributed by atoms with E-state index in [-0.39, 0.29) is 0 Å². The molecule has 0 aromatic rings. The molecule has 1 unspecified atom stereocenters. The third-order valence-electron chi connectivity index (χ3n) is 3.47. The number of hydrogen-bond acceptors (Lipinski definition) is 3. The lowest BCUT2D eigenvalue weighted by atomic mass is 10.0. The first kappa shape index (κ1) is 15.9. The Kier molecular flexibility index (Phi) is 8.64. The van der Waals surface area contributed by atoms with E-state index in [1.54, 1.807) is 0 Å². The zero-order chi connectivity index (χ0) is 13.2. The van der Waals surface area contributed by atoms with Gasteiger partial charge in [0.1, 0.15) is 0 Å². The summed E-state index contributed by atoms with van der Waals surface area (Å²) in [6.07, 6.45) is 5.11. The zero-order valence-corrected chi connectivity index (χ0v) is 12.4. The largest absolute Gasteiger partial charge is 0.381 e. The molecule has 1 atom stereocenters. The van der Waals surface area contributed by atoms with Crippen molar-refractivity contribution in [3.63, 3.8) is 0 Å². The summed E-state index contributed by atoms with van der Waals surface area (Å²) in [5.74, 6) is 1.47. The van der Waals surface area contributed by atoms with Gasteiger partial charge in [-0.25, -0.2) is 0 Å². The van der Waals surface area contributed by atoms with Gasteiger partial charge >= 0.3 is 0 Å². The predicted molar refractivity (Wildman–Crippen MR) is 75.9 cm³/mol. The highest BCUT2D eigenvalue weighted by atomic mass is 16.5. The molecule has 1 N–H and O–H groups in total. The van der Waals surface area contributed by atoms with Crippen LogP contribution in [-0.2, 0) is 9.47 Å². The molecular formula is C15H31NO2. The average molecular weight is 257 g/mol. The van der Waals surface area contributed by atoms with Crippen molar-refractivity contribution in [3.05, 3.63) is 0 Å². The fourth-order valence-electron chi connectivity index (χ4n) is 2.20. The van der Waals surface area contributed by atoms with Crippen molar-refractivity contribution in [2.45, 2.75) is 52.6 Å². The van der Waals surface area contributed by atoms with E-state index in [0.717, 1.165) is 51.2 Å². The Bertz CT molecular complexity index is 191.